The molecule has 0 atom stereocenters. The second-order valence-electron chi connectivity index (χ2n) is 6.24. The van der Waals surface area contributed by atoms with E-state index in [-0.39, 0.29) is 5.56 Å². The fourth-order valence-corrected chi connectivity index (χ4v) is 2.78. The highest BCUT2D eigenvalue weighted by atomic mass is 19.4. The third-order valence-corrected chi connectivity index (χ3v) is 4.33. The van der Waals surface area contributed by atoms with Gasteiger partial charge in [-0.05, 0) is 36.8 Å². The smallest absolute Gasteiger partial charge is 0.331 e. The van der Waals surface area contributed by atoms with E-state index in [0.29, 0.717) is 5.69 Å². The third-order valence-electron chi connectivity index (χ3n) is 4.33. The number of amides is 1. The van der Waals surface area contributed by atoms with Crippen molar-refractivity contribution in [1.82, 2.24) is 9.55 Å². The fraction of sp³-hybridized carbons (Fsp3) is 0.143. The molecule has 0 fully saturated rings. The third kappa shape index (κ3) is 4.31. The highest BCUT2D eigenvalue weighted by Crippen LogP contribution is 2.32. The standard InChI is InChI=1S/C21H18F3N3O/c1-14-25-13-19(27(14)2)16-7-5-8-17(12-16)26-20(28)11-10-15-6-3-4-9-18(15)21(22,23)24/h3-13H,1-2H3,(H,26,28). The summed E-state index contributed by atoms with van der Waals surface area (Å²) < 4.78 is 41.0. The van der Waals surface area contributed by atoms with Gasteiger partial charge in [0.05, 0.1) is 17.5 Å². The quantitative estimate of drug-likeness (QED) is 0.638. The Morgan fingerprint density at radius 1 is 1.14 bits per heavy atom. The minimum absolute atomic E-state index is 0.0655. The van der Waals surface area contributed by atoms with Crippen LogP contribution in [0.15, 0.2) is 60.8 Å². The predicted molar refractivity (Wildman–Crippen MR) is 102 cm³/mol. The van der Waals surface area contributed by atoms with Crippen LogP contribution in [0.5, 0.6) is 0 Å². The maximum atomic E-state index is 13.0. The largest absolute Gasteiger partial charge is 0.416 e. The first-order valence-electron chi connectivity index (χ1n) is 8.50. The average molecular weight is 385 g/mol. The Morgan fingerprint density at radius 3 is 2.57 bits per heavy atom. The summed E-state index contributed by atoms with van der Waals surface area (Å²) in [5.41, 5.74) is 1.45. The summed E-state index contributed by atoms with van der Waals surface area (Å²) in [6.45, 7) is 1.89. The molecule has 0 unspecified atom stereocenters. The lowest BCUT2D eigenvalue weighted by atomic mass is 10.1. The maximum Gasteiger partial charge on any atom is 0.416 e. The zero-order valence-electron chi connectivity index (χ0n) is 15.3. The summed E-state index contributed by atoms with van der Waals surface area (Å²) in [6.07, 6.45) is -0.491. The lowest BCUT2D eigenvalue weighted by Crippen LogP contribution is -2.09. The number of anilines is 1. The van der Waals surface area contributed by atoms with E-state index >= 15 is 0 Å². The molecule has 0 saturated carbocycles. The lowest BCUT2D eigenvalue weighted by molar-refractivity contribution is -0.137. The summed E-state index contributed by atoms with van der Waals surface area (Å²) >= 11 is 0. The van der Waals surface area contributed by atoms with Crippen LogP contribution >= 0.6 is 0 Å². The Bertz CT molecular complexity index is 1040. The van der Waals surface area contributed by atoms with Crippen LogP contribution in [0.3, 0.4) is 0 Å². The van der Waals surface area contributed by atoms with Crippen molar-refractivity contribution in [3.8, 4) is 11.3 Å². The van der Waals surface area contributed by atoms with Gasteiger partial charge in [-0.15, -0.1) is 0 Å². The number of hydrogen-bond acceptors (Lipinski definition) is 2. The summed E-state index contributed by atoms with van der Waals surface area (Å²) in [7, 11) is 1.89. The molecule has 1 aromatic heterocycles. The van der Waals surface area contributed by atoms with E-state index in [1.807, 2.05) is 24.6 Å². The van der Waals surface area contributed by atoms with Gasteiger partial charge in [0.25, 0.3) is 0 Å². The van der Waals surface area contributed by atoms with Crippen LogP contribution in [-0.2, 0) is 18.0 Å². The van der Waals surface area contributed by atoms with Gasteiger partial charge in [-0.3, -0.25) is 4.79 Å². The monoisotopic (exact) mass is 385 g/mol. The number of nitrogens with one attached hydrogen (secondary N) is 1. The fourth-order valence-electron chi connectivity index (χ4n) is 2.78. The van der Waals surface area contributed by atoms with Gasteiger partial charge in [-0.1, -0.05) is 30.3 Å². The number of rotatable bonds is 4. The van der Waals surface area contributed by atoms with Gasteiger partial charge in [0.15, 0.2) is 0 Å². The first kappa shape index (κ1) is 19.4. The SMILES string of the molecule is Cc1ncc(-c2cccc(NC(=O)C=Cc3ccccc3C(F)(F)F)c2)n1C. The molecule has 7 heteroatoms. The molecule has 0 aliphatic heterocycles. The van der Waals surface area contributed by atoms with E-state index in [2.05, 4.69) is 10.3 Å². The van der Waals surface area contributed by atoms with Crippen molar-refractivity contribution in [2.45, 2.75) is 13.1 Å². The number of benzene rings is 2. The molecule has 0 radical (unpaired) electrons. The Labute approximate surface area is 160 Å². The lowest BCUT2D eigenvalue weighted by Gasteiger charge is -2.10. The number of aromatic nitrogens is 2. The molecule has 0 aliphatic carbocycles. The van der Waals surface area contributed by atoms with Crippen LogP contribution in [0.2, 0.25) is 0 Å². The molecule has 3 rings (SSSR count). The Kier molecular flexibility index (Phi) is 5.35. The van der Waals surface area contributed by atoms with E-state index < -0.39 is 17.6 Å². The molecule has 28 heavy (non-hydrogen) atoms. The molecule has 0 spiro atoms. The number of aryl methyl sites for hydroxylation is 1. The molecule has 4 nitrogen and oxygen atoms in total. The predicted octanol–water partition coefficient (Wildman–Crippen LogP) is 5.07. The molecular formula is C21H18F3N3O. The summed E-state index contributed by atoms with van der Waals surface area (Å²) in [5, 5.41) is 2.67. The maximum absolute atomic E-state index is 13.0. The van der Waals surface area contributed by atoms with Gasteiger partial charge in [0, 0.05) is 24.4 Å². The van der Waals surface area contributed by atoms with E-state index in [9.17, 15) is 18.0 Å². The molecule has 1 N–H and O–H groups in total. The van der Waals surface area contributed by atoms with Gasteiger partial charge in [-0.2, -0.15) is 13.2 Å². The van der Waals surface area contributed by atoms with Gasteiger partial charge >= 0.3 is 6.18 Å². The van der Waals surface area contributed by atoms with E-state index in [4.69, 9.17) is 0 Å². The number of hydrogen-bond donors (Lipinski definition) is 1. The van der Waals surface area contributed by atoms with Crippen molar-refractivity contribution in [2.24, 2.45) is 7.05 Å². The van der Waals surface area contributed by atoms with Crippen molar-refractivity contribution in [2.75, 3.05) is 5.32 Å². The number of halogens is 3. The number of carbonyl (C=O) groups is 1. The van der Waals surface area contributed by atoms with Gasteiger partial charge in [-0.25, -0.2) is 4.98 Å². The number of nitrogens with zero attached hydrogens (tertiary/aromatic N) is 2. The van der Waals surface area contributed by atoms with Crippen molar-refractivity contribution >= 4 is 17.7 Å². The molecular weight excluding hydrogens is 367 g/mol. The van der Waals surface area contributed by atoms with Crippen LogP contribution in [0.1, 0.15) is 17.0 Å². The van der Waals surface area contributed by atoms with E-state index in [0.717, 1.165) is 35.3 Å². The molecule has 0 saturated heterocycles. The van der Waals surface area contributed by atoms with Crippen LogP contribution in [0.25, 0.3) is 17.3 Å². The number of imidazole rings is 1. The minimum Gasteiger partial charge on any atom is -0.331 e. The van der Waals surface area contributed by atoms with Crippen LogP contribution in [-0.4, -0.2) is 15.5 Å². The first-order valence-corrected chi connectivity index (χ1v) is 8.50. The molecule has 0 aliphatic rings. The van der Waals surface area contributed by atoms with Gasteiger partial charge in [0.1, 0.15) is 5.82 Å². The van der Waals surface area contributed by atoms with E-state index in [1.54, 1.807) is 24.4 Å². The molecule has 144 valence electrons. The van der Waals surface area contributed by atoms with Crippen molar-refractivity contribution in [3.63, 3.8) is 0 Å². The van der Waals surface area contributed by atoms with Crippen LogP contribution < -0.4 is 5.32 Å². The molecule has 2 aromatic carbocycles. The highest BCUT2D eigenvalue weighted by Gasteiger charge is 2.32. The molecule has 1 heterocycles. The summed E-state index contributed by atoms with van der Waals surface area (Å²) in [5.74, 6) is 0.339. The highest BCUT2D eigenvalue weighted by molar-refractivity contribution is 6.02. The molecule has 1 amide bonds. The van der Waals surface area contributed by atoms with E-state index in [1.165, 1.54) is 18.2 Å². The first-order chi connectivity index (χ1) is 13.3. The number of carbonyl (C=O) groups excluding carboxylic acids is 1. The van der Waals surface area contributed by atoms with Crippen molar-refractivity contribution in [3.05, 3.63) is 77.8 Å². The topological polar surface area (TPSA) is 46.9 Å². The normalized spacial score (nSPS) is 11.8. The summed E-state index contributed by atoms with van der Waals surface area (Å²) in [4.78, 5) is 16.4. The zero-order valence-corrected chi connectivity index (χ0v) is 15.3. The Morgan fingerprint density at radius 2 is 1.89 bits per heavy atom. The Balaban J connectivity index is 1.77. The Hall–Kier alpha value is -3.35. The van der Waals surface area contributed by atoms with Crippen molar-refractivity contribution in [1.29, 1.82) is 0 Å². The van der Waals surface area contributed by atoms with Crippen LogP contribution in [0.4, 0.5) is 18.9 Å². The molecule has 0 bridgehead atoms. The zero-order chi connectivity index (χ0) is 20.3. The minimum atomic E-state index is -4.48. The van der Waals surface area contributed by atoms with Gasteiger partial charge < -0.3 is 9.88 Å². The average Bonchev–Trinajstić information content (AvgIpc) is 2.99. The van der Waals surface area contributed by atoms with Crippen molar-refractivity contribution < 1.29 is 18.0 Å². The number of alkyl halides is 3. The van der Waals surface area contributed by atoms with Gasteiger partial charge in [0.2, 0.25) is 5.91 Å². The summed E-state index contributed by atoms with van der Waals surface area (Å²) in [6, 6.07) is 12.3. The second-order valence-corrected chi connectivity index (χ2v) is 6.24. The second kappa shape index (κ2) is 7.72. The molecule has 3 aromatic rings. The van der Waals surface area contributed by atoms with Crippen LogP contribution in [0, 0.1) is 6.92 Å².